The lowest BCUT2D eigenvalue weighted by atomic mass is 9.96. The van der Waals surface area contributed by atoms with Gasteiger partial charge in [0.2, 0.25) is 0 Å². The van der Waals surface area contributed by atoms with Crippen molar-refractivity contribution in [3.8, 4) is 5.75 Å². The summed E-state index contributed by atoms with van der Waals surface area (Å²) in [5, 5.41) is 10.5. The number of ether oxygens (including phenoxy) is 1. The minimum atomic E-state index is -0.111. The van der Waals surface area contributed by atoms with Gasteiger partial charge in [0.05, 0.1) is 13.2 Å². The molecule has 2 nitrogen and oxygen atoms in total. The van der Waals surface area contributed by atoms with Gasteiger partial charge in [0.15, 0.2) is 0 Å². The molecule has 1 aliphatic rings. The molecule has 1 saturated carbocycles. The van der Waals surface area contributed by atoms with Crippen LogP contribution in [0.2, 0.25) is 5.02 Å². The smallest absolute Gasteiger partial charge is 0.122 e. The van der Waals surface area contributed by atoms with Crippen molar-refractivity contribution in [3.63, 3.8) is 0 Å². The molecule has 0 bridgehead atoms. The number of methoxy groups -OCH3 is 1. The zero-order valence-corrected chi connectivity index (χ0v) is 10.9. The normalized spacial score (nSPS) is 23.9. The van der Waals surface area contributed by atoms with Crippen molar-refractivity contribution in [1.29, 1.82) is 0 Å². The number of aliphatic hydroxyl groups is 1. The van der Waals surface area contributed by atoms with Gasteiger partial charge >= 0.3 is 0 Å². The van der Waals surface area contributed by atoms with Crippen LogP contribution < -0.4 is 4.74 Å². The summed E-state index contributed by atoms with van der Waals surface area (Å²) >= 11 is 5.99. The van der Waals surface area contributed by atoms with Gasteiger partial charge in [0.25, 0.3) is 0 Å². The van der Waals surface area contributed by atoms with Gasteiger partial charge < -0.3 is 9.84 Å². The number of hydrogen-bond acceptors (Lipinski definition) is 2. The van der Waals surface area contributed by atoms with Crippen molar-refractivity contribution in [2.75, 3.05) is 7.11 Å². The maximum atomic E-state index is 9.79. The SMILES string of the molecule is COc1ccc(Cl)cc1CCC1CCCC1O. The van der Waals surface area contributed by atoms with E-state index in [1.807, 2.05) is 18.2 Å². The molecule has 94 valence electrons. The highest BCUT2D eigenvalue weighted by Gasteiger charge is 2.24. The van der Waals surface area contributed by atoms with Crippen LogP contribution in [-0.2, 0) is 6.42 Å². The highest BCUT2D eigenvalue weighted by Crippen LogP contribution is 2.31. The summed E-state index contributed by atoms with van der Waals surface area (Å²) in [6.45, 7) is 0. The summed E-state index contributed by atoms with van der Waals surface area (Å²) in [6, 6.07) is 5.71. The Bertz CT molecular complexity index is 378. The Hall–Kier alpha value is -0.730. The molecule has 1 aromatic carbocycles. The van der Waals surface area contributed by atoms with Gasteiger partial charge in [-0.2, -0.15) is 0 Å². The zero-order chi connectivity index (χ0) is 12.3. The first-order valence-electron chi connectivity index (χ1n) is 6.21. The monoisotopic (exact) mass is 254 g/mol. The van der Waals surface area contributed by atoms with E-state index in [4.69, 9.17) is 16.3 Å². The van der Waals surface area contributed by atoms with E-state index in [9.17, 15) is 5.11 Å². The number of aliphatic hydroxyl groups excluding tert-OH is 1. The number of benzene rings is 1. The lowest BCUT2D eigenvalue weighted by Crippen LogP contribution is -2.13. The summed E-state index contributed by atoms with van der Waals surface area (Å²) < 4.78 is 5.32. The molecule has 0 spiro atoms. The standard InChI is InChI=1S/C14H19ClO2/c1-17-14-8-7-12(15)9-11(14)6-5-10-3-2-4-13(10)16/h7-10,13,16H,2-6H2,1H3. The summed E-state index contributed by atoms with van der Waals surface area (Å²) in [4.78, 5) is 0. The van der Waals surface area contributed by atoms with Gasteiger partial charge in [-0.3, -0.25) is 0 Å². The Morgan fingerprint density at radius 2 is 2.24 bits per heavy atom. The molecule has 2 rings (SSSR count). The molecule has 2 atom stereocenters. The predicted octanol–water partition coefficient (Wildman–Crippen LogP) is 3.44. The molecule has 0 saturated heterocycles. The van der Waals surface area contributed by atoms with E-state index < -0.39 is 0 Å². The van der Waals surface area contributed by atoms with Gasteiger partial charge in [-0.1, -0.05) is 18.0 Å². The number of aryl methyl sites for hydroxylation is 1. The van der Waals surface area contributed by atoms with Crippen LogP contribution in [-0.4, -0.2) is 18.3 Å². The lowest BCUT2D eigenvalue weighted by Gasteiger charge is -2.15. The Balaban J connectivity index is 2.00. The van der Waals surface area contributed by atoms with Crippen LogP contribution in [0.3, 0.4) is 0 Å². The topological polar surface area (TPSA) is 29.5 Å². The van der Waals surface area contributed by atoms with Crippen LogP contribution in [0.15, 0.2) is 18.2 Å². The van der Waals surface area contributed by atoms with Crippen LogP contribution in [0, 0.1) is 5.92 Å². The van der Waals surface area contributed by atoms with Gasteiger partial charge in [0, 0.05) is 5.02 Å². The van der Waals surface area contributed by atoms with Crippen molar-refractivity contribution >= 4 is 11.6 Å². The molecule has 1 fully saturated rings. The fourth-order valence-electron chi connectivity index (χ4n) is 2.64. The molecule has 3 heteroatoms. The predicted molar refractivity (Wildman–Crippen MR) is 69.7 cm³/mol. The number of halogens is 1. The molecule has 0 aliphatic heterocycles. The van der Waals surface area contributed by atoms with Crippen molar-refractivity contribution in [2.24, 2.45) is 5.92 Å². The third kappa shape index (κ3) is 3.14. The summed E-state index contributed by atoms with van der Waals surface area (Å²) in [5.41, 5.74) is 1.14. The largest absolute Gasteiger partial charge is 0.496 e. The fourth-order valence-corrected chi connectivity index (χ4v) is 2.83. The third-order valence-corrected chi connectivity index (χ3v) is 3.88. The molecule has 1 aromatic rings. The Morgan fingerprint density at radius 1 is 1.41 bits per heavy atom. The van der Waals surface area contributed by atoms with Crippen LogP contribution in [0.4, 0.5) is 0 Å². The van der Waals surface area contributed by atoms with Crippen molar-refractivity contribution < 1.29 is 9.84 Å². The Labute approximate surface area is 108 Å². The Kier molecular flexibility index (Phi) is 4.30. The quantitative estimate of drug-likeness (QED) is 0.892. The van der Waals surface area contributed by atoms with E-state index in [-0.39, 0.29) is 6.10 Å². The first-order chi connectivity index (χ1) is 8.20. The first kappa shape index (κ1) is 12.7. The Morgan fingerprint density at radius 3 is 2.88 bits per heavy atom. The minimum absolute atomic E-state index is 0.111. The second-order valence-electron chi connectivity index (χ2n) is 4.75. The third-order valence-electron chi connectivity index (χ3n) is 3.65. The van der Waals surface area contributed by atoms with Gasteiger partial charge in [-0.15, -0.1) is 0 Å². The summed E-state index contributed by atoms with van der Waals surface area (Å²) in [7, 11) is 1.68. The second kappa shape index (κ2) is 5.74. The van der Waals surface area contributed by atoms with E-state index in [1.54, 1.807) is 7.11 Å². The maximum Gasteiger partial charge on any atom is 0.122 e. The second-order valence-corrected chi connectivity index (χ2v) is 5.19. The molecule has 17 heavy (non-hydrogen) atoms. The summed E-state index contributed by atoms with van der Waals surface area (Å²) in [6.07, 6.45) is 5.07. The van der Waals surface area contributed by atoms with E-state index in [0.29, 0.717) is 5.92 Å². The average molecular weight is 255 g/mol. The molecule has 2 unspecified atom stereocenters. The molecule has 0 radical (unpaired) electrons. The maximum absolute atomic E-state index is 9.79. The molecule has 0 aromatic heterocycles. The highest BCUT2D eigenvalue weighted by atomic mass is 35.5. The van der Waals surface area contributed by atoms with Crippen LogP contribution >= 0.6 is 11.6 Å². The fraction of sp³-hybridized carbons (Fsp3) is 0.571. The minimum Gasteiger partial charge on any atom is -0.496 e. The highest BCUT2D eigenvalue weighted by molar-refractivity contribution is 6.30. The molecule has 1 aliphatic carbocycles. The first-order valence-corrected chi connectivity index (χ1v) is 6.59. The van der Waals surface area contributed by atoms with Crippen molar-refractivity contribution in [1.82, 2.24) is 0 Å². The zero-order valence-electron chi connectivity index (χ0n) is 10.2. The average Bonchev–Trinajstić information content (AvgIpc) is 2.72. The molecular weight excluding hydrogens is 236 g/mol. The van der Waals surface area contributed by atoms with E-state index in [2.05, 4.69) is 0 Å². The van der Waals surface area contributed by atoms with E-state index in [0.717, 1.165) is 48.4 Å². The van der Waals surface area contributed by atoms with Crippen LogP contribution in [0.5, 0.6) is 5.75 Å². The molecule has 1 N–H and O–H groups in total. The van der Waals surface area contributed by atoms with E-state index in [1.165, 1.54) is 0 Å². The molecular formula is C14H19ClO2. The van der Waals surface area contributed by atoms with E-state index >= 15 is 0 Å². The number of rotatable bonds is 4. The van der Waals surface area contributed by atoms with Crippen molar-refractivity contribution in [3.05, 3.63) is 28.8 Å². The summed E-state index contributed by atoms with van der Waals surface area (Å²) in [5.74, 6) is 1.33. The van der Waals surface area contributed by atoms with Crippen LogP contribution in [0.25, 0.3) is 0 Å². The number of hydrogen-bond donors (Lipinski definition) is 1. The van der Waals surface area contributed by atoms with Gasteiger partial charge in [0.1, 0.15) is 5.75 Å². The van der Waals surface area contributed by atoms with Crippen LogP contribution in [0.1, 0.15) is 31.2 Å². The lowest BCUT2D eigenvalue weighted by molar-refractivity contribution is 0.128. The van der Waals surface area contributed by atoms with Crippen molar-refractivity contribution in [2.45, 2.75) is 38.2 Å². The molecule has 0 heterocycles. The van der Waals surface area contributed by atoms with Gasteiger partial charge in [-0.25, -0.2) is 0 Å². The van der Waals surface area contributed by atoms with Gasteiger partial charge in [-0.05, 0) is 55.4 Å². The molecule has 0 amide bonds.